The van der Waals surface area contributed by atoms with Crippen LogP contribution in [-0.2, 0) is 11.2 Å². The first-order valence-corrected chi connectivity index (χ1v) is 8.11. The van der Waals surface area contributed by atoms with Crippen LogP contribution < -0.4 is 5.73 Å². The van der Waals surface area contributed by atoms with E-state index < -0.39 is 0 Å². The maximum Gasteiger partial charge on any atom is 0.123 e. The van der Waals surface area contributed by atoms with Crippen molar-refractivity contribution in [2.75, 3.05) is 6.61 Å². The molecule has 0 amide bonds. The Hall–Kier alpha value is -0.930. The fourth-order valence-corrected chi connectivity index (χ4v) is 3.47. The van der Waals surface area contributed by atoms with Crippen LogP contribution in [0.2, 0.25) is 0 Å². The van der Waals surface area contributed by atoms with Gasteiger partial charge in [-0.3, -0.25) is 0 Å². The number of aryl methyl sites for hydroxylation is 1. The first-order chi connectivity index (χ1) is 9.97. The summed E-state index contributed by atoms with van der Waals surface area (Å²) < 4.78 is 19.3. The topological polar surface area (TPSA) is 35.2 Å². The van der Waals surface area contributed by atoms with Gasteiger partial charge in [0.15, 0.2) is 0 Å². The highest BCUT2D eigenvalue weighted by molar-refractivity contribution is 5.28. The highest BCUT2D eigenvalue weighted by atomic mass is 19.1. The molecule has 2 nitrogen and oxygen atoms in total. The smallest absolute Gasteiger partial charge is 0.123 e. The summed E-state index contributed by atoms with van der Waals surface area (Å²) in [6, 6.07) is 4.92. The Balaban J connectivity index is 2.13. The summed E-state index contributed by atoms with van der Waals surface area (Å²) in [5, 5.41) is 0. The van der Waals surface area contributed by atoms with Crippen molar-refractivity contribution in [2.45, 2.75) is 64.5 Å². The monoisotopic (exact) mass is 293 g/mol. The van der Waals surface area contributed by atoms with Crippen LogP contribution in [0.3, 0.4) is 0 Å². The first kappa shape index (κ1) is 16.4. The molecule has 1 fully saturated rings. The molecule has 0 aliphatic heterocycles. The van der Waals surface area contributed by atoms with Crippen molar-refractivity contribution in [3.8, 4) is 0 Å². The Morgan fingerprint density at radius 2 is 2.05 bits per heavy atom. The van der Waals surface area contributed by atoms with E-state index in [0.717, 1.165) is 36.3 Å². The van der Waals surface area contributed by atoms with E-state index in [1.165, 1.54) is 18.9 Å². The largest absolute Gasteiger partial charge is 0.374 e. The summed E-state index contributed by atoms with van der Waals surface area (Å²) in [6.45, 7) is 6.98. The van der Waals surface area contributed by atoms with Crippen molar-refractivity contribution in [3.05, 3.63) is 35.1 Å². The molecule has 0 spiro atoms. The van der Waals surface area contributed by atoms with E-state index in [-0.39, 0.29) is 17.5 Å². The minimum absolute atomic E-state index is 0.0332. The maximum atomic E-state index is 13.2. The number of benzene rings is 1. The molecule has 0 radical (unpaired) electrons. The average molecular weight is 293 g/mol. The molecule has 1 saturated carbocycles. The summed E-state index contributed by atoms with van der Waals surface area (Å²) in [4.78, 5) is 0. The van der Waals surface area contributed by atoms with E-state index in [0.29, 0.717) is 6.61 Å². The van der Waals surface area contributed by atoms with Gasteiger partial charge in [0, 0.05) is 12.6 Å². The minimum Gasteiger partial charge on any atom is -0.374 e. The number of hydrogen-bond donors (Lipinski definition) is 1. The average Bonchev–Trinajstić information content (AvgIpc) is 2.45. The predicted molar refractivity (Wildman–Crippen MR) is 84.8 cm³/mol. The summed E-state index contributed by atoms with van der Waals surface area (Å²) in [5.74, 6) is 0.578. The molecule has 2 N–H and O–H groups in total. The third-order valence-electron chi connectivity index (χ3n) is 4.97. The van der Waals surface area contributed by atoms with Gasteiger partial charge in [0.2, 0.25) is 0 Å². The summed E-state index contributed by atoms with van der Waals surface area (Å²) in [5.41, 5.74) is 8.43. The SMILES string of the molecule is CCOC1(C(N)Cc2ccc(F)cc2C)CCC(C)CC1. The van der Waals surface area contributed by atoms with Gasteiger partial charge >= 0.3 is 0 Å². The lowest BCUT2D eigenvalue weighted by atomic mass is 9.74. The molecule has 0 aromatic heterocycles. The second kappa shape index (κ2) is 6.89. The molecule has 1 unspecified atom stereocenters. The van der Waals surface area contributed by atoms with Crippen LogP contribution in [0.1, 0.15) is 50.7 Å². The van der Waals surface area contributed by atoms with E-state index >= 15 is 0 Å². The van der Waals surface area contributed by atoms with E-state index in [1.807, 2.05) is 19.9 Å². The van der Waals surface area contributed by atoms with Gasteiger partial charge in [0.05, 0.1) is 5.60 Å². The van der Waals surface area contributed by atoms with Gasteiger partial charge in [0.25, 0.3) is 0 Å². The van der Waals surface area contributed by atoms with Crippen molar-refractivity contribution in [2.24, 2.45) is 11.7 Å². The molecular formula is C18H28FNO. The molecule has 0 bridgehead atoms. The number of nitrogens with two attached hydrogens (primary N) is 1. The summed E-state index contributed by atoms with van der Waals surface area (Å²) in [6.07, 6.45) is 5.17. The van der Waals surface area contributed by atoms with Crippen LogP contribution in [0.5, 0.6) is 0 Å². The van der Waals surface area contributed by atoms with Gasteiger partial charge < -0.3 is 10.5 Å². The lowest BCUT2D eigenvalue weighted by Crippen LogP contribution is -2.53. The van der Waals surface area contributed by atoms with E-state index in [1.54, 1.807) is 6.07 Å². The Kier molecular flexibility index (Phi) is 5.39. The van der Waals surface area contributed by atoms with Gasteiger partial charge in [-0.1, -0.05) is 13.0 Å². The van der Waals surface area contributed by atoms with Crippen LogP contribution in [0.4, 0.5) is 4.39 Å². The van der Waals surface area contributed by atoms with Crippen molar-refractivity contribution in [1.82, 2.24) is 0 Å². The van der Waals surface area contributed by atoms with Crippen molar-refractivity contribution in [3.63, 3.8) is 0 Å². The Bertz CT molecular complexity index is 466. The quantitative estimate of drug-likeness (QED) is 0.891. The second-order valence-electron chi connectivity index (χ2n) is 6.56. The maximum absolute atomic E-state index is 13.2. The number of halogens is 1. The van der Waals surface area contributed by atoms with Gasteiger partial charge in [-0.15, -0.1) is 0 Å². The van der Waals surface area contributed by atoms with E-state index in [2.05, 4.69) is 6.92 Å². The lowest BCUT2D eigenvalue weighted by Gasteiger charge is -2.43. The van der Waals surface area contributed by atoms with Crippen LogP contribution >= 0.6 is 0 Å². The zero-order chi connectivity index (χ0) is 15.5. The summed E-state index contributed by atoms with van der Waals surface area (Å²) >= 11 is 0. The molecule has 1 aromatic rings. The molecule has 118 valence electrons. The zero-order valence-corrected chi connectivity index (χ0v) is 13.5. The standard InChI is InChI=1S/C18H28FNO/c1-4-21-18(9-7-13(2)8-10-18)17(20)12-15-5-6-16(19)11-14(15)3/h5-6,11,13,17H,4,7-10,12,20H2,1-3H3. The molecule has 0 heterocycles. The number of hydrogen-bond acceptors (Lipinski definition) is 2. The lowest BCUT2D eigenvalue weighted by molar-refractivity contribution is -0.0883. The van der Waals surface area contributed by atoms with E-state index in [9.17, 15) is 4.39 Å². The third-order valence-corrected chi connectivity index (χ3v) is 4.97. The van der Waals surface area contributed by atoms with Gasteiger partial charge in [0.1, 0.15) is 5.82 Å². The molecule has 21 heavy (non-hydrogen) atoms. The number of rotatable bonds is 5. The molecule has 1 aliphatic rings. The Morgan fingerprint density at radius 3 is 2.62 bits per heavy atom. The highest BCUT2D eigenvalue weighted by Crippen LogP contribution is 2.37. The fraction of sp³-hybridized carbons (Fsp3) is 0.667. The fourth-order valence-electron chi connectivity index (χ4n) is 3.47. The molecule has 1 aliphatic carbocycles. The van der Waals surface area contributed by atoms with E-state index in [4.69, 9.17) is 10.5 Å². The summed E-state index contributed by atoms with van der Waals surface area (Å²) in [7, 11) is 0. The normalized spacial score (nSPS) is 27.6. The Morgan fingerprint density at radius 1 is 1.38 bits per heavy atom. The molecular weight excluding hydrogens is 265 g/mol. The minimum atomic E-state index is -0.206. The van der Waals surface area contributed by atoms with Crippen LogP contribution in [0, 0.1) is 18.7 Å². The Labute approximate surface area is 127 Å². The molecule has 1 aromatic carbocycles. The van der Waals surface area contributed by atoms with Crippen LogP contribution in [0.15, 0.2) is 18.2 Å². The predicted octanol–water partition coefficient (Wildman–Crippen LogP) is 3.99. The second-order valence-corrected chi connectivity index (χ2v) is 6.56. The zero-order valence-electron chi connectivity index (χ0n) is 13.5. The molecule has 2 rings (SSSR count). The van der Waals surface area contributed by atoms with Crippen molar-refractivity contribution in [1.29, 1.82) is 0 Å². The molecule has 1 atom stereocenters. The first-order valence-electron chi connectivity index (χ1n) is 8.11. The molecule has 0 saturated heterocycles. The van der Waals surface area contributed by atoms with Crippen molar-refractivity contribution < 1.29 is 9.13 Å². The van der Waals surface area contributed by atoms with Crippen LogP contribution in [0.25, 0.3) is 0 Å². The van der Waals surface area contributed by atoms with Gasteiger partial charge in [-0.2, -0.15) is 0 Å². The number of ether oxygens (including phenoxy) is 1. The van der Waals surface area contributed by atoms with Crippen molar-refractivity contribution >= 4 is 0 Å². The van der Waals surface area contributed by atoms with Crippen LogP contribution in [-0.4, -0.2) is 18.2 Å². The van der Waals surface area contributed by atoms with Gasteiger partial charge in [-0.05, 0) is 75.1 Å². The highest BCUT2D eigenvalue weighted by Gasteiger charge is 2.40. The third kappa shape index (κ3) is 3.83. The van der Waals surface area contributed by atoms with Gasteiger partial charge in [-0.25, -0.2) is 4.39 Å². The molecule has 3 heteroatoms.